The summed E-state index contributed by atoms with van der Waals surface area (Å²) in [6.45, 7) is 65.4. The molecule has 0 amide bonds. The van der Waals surface area contributed by atoms with Crippen LogP contribution in [0.3, 0.4) is 0 Å². The third-order valence-electron chi connectivity index (χ3n) is 12.8. The van der Waals surface area contributed by atoms with Gasteiger partial charge in [0.15, 0.2) is 0 Å². The quantitative estimate of drug-likeness (QED) is 0.141. The van der Waals surface area contributed by atoms with E-state index in [1.165, 1.54) is 44.5 Å². The van der Waals surface area contributed by atoms with Crippen molar-refractivity contribution in [1.29, 1.82) is 0 Å². The molecule has 0 aromatic heterocycles. The first kappa shape index (κ1) is 64.4. The zero-order valence-electron chi connectivity index (χ0n) is 53.0. The van der Waals surface area contributed by atoms with E-state index >= 15 is 0 Å². The SMILES string of the molecule is Cc1c(C)c(C)[c-]([Si](C)(C)C)c1C.Cc1c(C)c(C)[c-]([Si](C)(C)C)c1C.Cc1c(C)c(C)[c-]([Si](C)(C)C)c1C.Cc1c(C)c(C)[c-]([Si](C)(C)C)c1C.[H-].[H-].[H-].[H-].[H-].[H-].[H-].[H-].[H-].[H-].[H-].[Zr+3].[Zr+4].[Zr+4].[Zr+4]. The van der Waals surface area contributed by atoms with E-state index in [0.29, 0.717) is 0 Å². The van der Waals surface area contributed by atoms with Crippen molar-refractivity contribution >= 4 is 53.0 Å². The molecule has 0 fully saturated rings. The van der Waals surface area contributed by atoms with E-state index in [2.05, 4.69) is 189 Å². The van der Waals surface area contributed by atoms with Crippen LogP contribution in [0.4, 0.5) is 0 Å². The maximum atomic E-state index is 2.43. The van der Waals surface area contributed by atoms with E-state index in [-0.39, 0.29) is 121 Å². The summed E-state index contributed by atoms with van der Waals surface area (Å²) in [5, 5.41) is 6.73. The molecule has 0 aliphatic carbocycles. The largest absolute Gasteiger partial charge is 4.00 e. The summed E-state index contributed by atoms with van der Waals surface area (Å²) in [5.41, 5.74) is 24.5. The van der Waals surface area contributed by atoms with Crippen LogP contribution >= 0.6 is 0 Å². The standard InChI is InChI=1S/4C12H21Si.4Zr.11H/c4*1-8-9(2)11(4)12(10(8)3)13(5,6)7;;;;;;;;;;;;;;;/h4*1-7H3;;;;;;;;;;;;;;;/q4*-1;+3;3*+4;11*-1. The van der Waals surface area contributed by atoms with E-state index in [1.54, 1.807) is 65.3 Å². The first-order chi connectivity index (χ1) is 23.1. The number of hydrogen-bond acceptors (Lipinski definition) is 0. The van der Waals surface area contributed by atoms with Crippen LogP contribution in [0, 0.1) is 111 Å². The van der Waals surface area contributed by atoms with Gasteiger partial charge in [0.25, 0.3) is 0 Å². The molecule has 0 nitrogen and oxygen atoms in total. The molecule has 0 unspecified atom stereocenters. The average Bonchev–Trinajstić information content (AvgIpc) is 3.48. The minimum absolute atomic E-state index is 0. The first-order valence-electron chi connectivity index (χ1n) is 20.0. The molecule has 4 aromatic rings. The molecule has 56 heavy (non-hydrogen) atoms. The molecule has 319 valence electrons. The van der Waals surface area contributed by atoms with E-state index in [9.17, 15) is 0 Å². The fraction of sp³-hybridized carbons (Fsp3) is 0.583. The van der Waals surface area contributed by atoms with Crippen LogP contribution in [0.1, 0.15) is 105 Å². The van der Waals surface area contributed by atoms with Crippen molar-refractivity contribution in [2.24, 2.45) is 0 Å². The van der Waals surface area contributed by atoms with Gasteiger partial charge >= 0.3 is 105 Å². The van der Waals surface area contributed by atoms with Gasteiger partial charge in [-0.3, -0.25) is 0 Å². The van der Waals surface area contributed by atoms with Crippen molar-refractivity contribution in [1.82, 2.24) is 0 Å². The van der Waals surface area contributed by atoms with Crippen molar-refractivity contribution in [2.45, 2.75) is 189 Å². The monoisotopic (exact) mass is 1140 g/mol. The summed E-state index contributed by atoms with van der Waals surface area (Å²) >= 11 is 0. The zero-order chi connectivity index (χ0) is 41.5. The van der Waals surface area contributed by atoms with Crippen molar-refractivity contribution < 1.29 is 121 Å². The van der Waals surface area contributed by atoms with Gasteiger partial charge < -0.3 is 15.7 Å². The molecule has 0 saturated heterocycles. The van der Waals surface area contributed by atoms with Crippen LogP contribution in [-0.4, -0.2) is 32.3 Å². The summed E-state index contributed by atoms with van der Waals surface area (Å²) in [6, 6.07) is 0. The smallest absolute Gasteiger partial charge is 1.00 e. The molecule has 4 rings (SSSR count). The van der Waals surface area contributed by atoms with Crippen LogP contribution in [0.5, 0.6) is 0 Å². The molecular weight excluding hydrogens is 1050 g/mol. The summed E-state index contributed by atoms with van der Waals surface area (Å²) in [6.07, 6.45) is 0. The van der Waals surface area contributed by atoms with Crippen LogP contribution in [0.25, 0.3) is 0 Å². The van der Waals surface area contributed by atoms with Crippen LogP contribution in [0.15, 0.2) is 0 Å². The number of rotatable bonds is 4. The topological polar surface area (TPSA) is 0 Å². The molecule has 0 bridgehead atoms. The molecule has 1 radical (unpaired) electrons. The second kappa shape index (κ2) is 24.0. The van der Waals surface area contributed by atoms with Gasteiger partial charge in [-0.1, -0.05) is 189 Å². The molecule has 0 saturated carbocycles. The molecule has 4 aromatic carbocycles. The molecule has 0 atom stereocenters. The molecule has 0 aliphatic rings. The minimum atomic E-state index is -1.13. The van der Waals surface area contributed by atoms with Gasteiger partial charge in [-0.25, -0.2) is 0 Å². The van der Waals surface area contributed by atoms with E-state index in [1.807, 2.05) is 0 Å². The Hall–Kier alpha value is 1.80. The van der Waals surface area contributed by atoms with Crippen molar-refractivity contribution in [2.75, 3.05) is 0 Å². The Balaban J connectivity index is -0.0000000385. The Morgan fingerprint density at radius 1 is 0.232 bits per heavy atom. The van der Waals surface area contributed by atoms with Gasteiger partial charge in [0.2, 0.25) is 0 Å². The fourth-order valence-electron chi connectivity index (χ4n) is 9.38. The third kappa shape index (κ3) is 15.0. The van der Waals surface area contributed by atoms with Crippen LogP contribution in [-0.2, 0) is 105 Å². The molecule has 8 heteroatoms. The Morgan fingerprint density at radius 2 is 0.304 bits per heavy atom. The summed E-state index contributed by atoms with van der Waals surface area (Å²) < 4.78 is 0. The zero-order valence-corrected chi connectivity index (χ0v) is 55.8. The predicted octanol–water partition coefficient (Wildman–Crippen LogP) is 14.0. The first-order valence-corrected chi connectivity index (χ1v) is 34.0. The Bertz CT molecular complexity index is 1530. The molecule has 0 N–H and O–H groups in total. The van der Waals surface area contributed by atoms with Gasteiger partial charge in [-0.05, 0) is 0 Å². The second-order valence-electron chi connectivity index (χ2n) is 20.5. The Kier molecular flexibility index (Phi) is 27.6. The van der Waals surface area contributed by atoms with Crippen LogP contribution in [0.2, 0.25) is 78.6 Å². The normalized spacial score (nSPS) is 11.4. The van der Waals surface area contributed by atoms with Gasteiger partial charge in [0.1, 0.15) is 0 Å². The Labute approximate surface area is 447 Å². The summed E-state index contributed by atoms with van der Waals surface area (Å²) in [5.74, 6) is 0. The summed E-state index contributed by atoms with van der Waals surface area (Å²) in [4.78, 5) is 0. The predicted molar refractivity (Wildman–Crippen MR) is 268 cm³/mol. The Morgan fingerprint density at radius 3 is 0.339 bits per heavy atom. The van der Waals surface area contributed by atoms with E-state index in [0.717, 1.165) is 0 Å². The number of hydrogen-bond donors (Lipinski definition) is 0. The van der Waals surface area contributed by atoms with Gasteiger partial charge in [0.05, 0.1) is 0 Å². The second-order valence-corrected chi connectivity index (χ2v) is 40.5. The maximum absolute atomic E-state index is 2.43. The molecule has 0 heterocycles. The van der Waals surface area contributed by atoms with Crippen molar-refractivity contribution in [3.05, 3.63) is 89.0 Å². The van der Waals surface area contributed by atoms with E-state index in [4.69, 9.17) is 0 Å². The minimum Gasteiger partial charge on any atom is -1.00 e. The van der Waals surface area contributed by atoms with Crippen LogP contribution < -0.4 is 20.7 Å². The van der Waals surface area contributed by atoms with Crippen molar-refractivity contribution in [3.8, 4) is 0 Å². The van der Waals surface area contributed by atoms with Crippen molar-refractivity contribution in [3.63, 3.8) is 0 Å². The third-order valence-corrected chi connectivity index (χ3v) is 21.8. The van der Waals surface area contributed by atoms with Gasteiger partial charge in [-0.2, -0.15) is 110 Å². The van der Waals surface area contributed by atoms with E-state index < -0.39 is 32.3 Å². The fourth-order valence-corrected chi connectivity index (χ4v) is 19.9. The summed E-state index contributed by atoms with van der Waals surface area (Å²) in [7, 11) is -4.53. The maximum Gasteiger partial charge on any atom is 4.00 e. The molecule has 0 aliphatic heterocycles. The molecular formula is C48H95Si4Zr4. The average molecular weight is 1150 g/mol. The van der Waals surface area contributed by atoms with Gasteiger partial charge in [-0.15, -0.1) is 0 Å². The van der Waals surface area contributed by atoms with Gasteiger partial charge in [0, 0.05) is 32.3 Å². The molecule has 0 spiro atoms.